The number of carbonyl (C=O) groups is 1. The minimum absolute atomic E-state index is 0.221. The lowest BCUT2D eigenvalue weighted by Gasteiger charge is -2.29. The number of benzene rings is 2. The van der Waals surface area contributed by atoms with E-state index < -0.39 is 23.3 Å². The fourth-order valence-corrected chi connectivity index (χ4v) is 3.51. The van der Waals surface area contributed by atoms with E-state index in [1.807, 2.05) is 6.92 Å². The minimum atomic E-state index is -4.64. The maximum Gasteiger partial charge on any atom is 0.423 e. The zero-order chi connectivity index (χ0) is 18.1. The summed E-state index contributed by atoms with van der Waals surface area (Å²) in [7, 11) is 0. The van der Waals surface area contributed by atoms with Gasteiger partial charge in [-0.15, -0.1) is 0 Å². The Morgan fingerprint density at radius 2 is 1.76 bits per heavy atom. The maximum absolute atomic E-state index is 13.7. The summed E-state index contributed by atoms with van der Waals surface area (Å²) in [5.41, 5.74) is 4.01. The molecule has 0 amide bonds. The van der Waals surface area contributed by atoms with E-state index in [0.29, 0.717) is 17.3 Å². The molecule has 1 atom stereocenters. The third-order valence-corrected chi connectivity index (χ3v) is 5.21. The molecule has 3 nitrogen and oxygen atoms in total. The van der Waals surface area contributed by atoms with E-state index in [1.54, 1.807) is 42.5 Å². The van der Waals surface area contributed by atoms with Crippen LogP contribution in [0.5, 0.6) is 0 Å². The van der Waals surface area contributed by atoms with Crippen molar-refractivity contribution in [3.8, 4) is 0 Å². The van der Waals surface area contributed by atoms with Crippen molar-refractivity contribution in [2.24, 2.45) is 5.10 Å². The molecule has 1 aliphatic heterocycles. The van der Waals surface area contributed by atoms with Gasteiger partial charge in [0, 0.05) is 11.1 Å². The lowest BCUT2D eigenvalue weighted by atomic mass is 10.0. The number of ketones is 1. The number of aryl methyl sites for hydroxylation is 1. The van der Waals surface area contributed by atoms with Crippen molar-refractivity contribution in [1.29, 1.82) is 0 Å². The fraction of sp³-hybridized carbons (Fsp3) is 0.222. The summed E-state index contributed by atoms with van der Waals surface area (Å²) in [5.74, 6) is -0.585. The highest BCUT2D eigenvalue weighted by atomic mass is 32.2. The fourth-order valence-electron chi connectivity index (χ4n) is 2.42. The topological polar surface area (TPSA) is 41.5 Å². The van der Waals surface area contributed by atoms with E-state index in [2.05, 4.69) is 10.5 Å². The highest BCUT2D eigenvalue weighted by Gasteiger charge is 2.60. The number of nitrogens with one attached hydrogen (secondary N) is 1. The van der Waals surface area contributed by atoms with Gasteiger partial charge in [-0.2, -0.15) is 18.3 Å². The Kier molecular flexibility index (Phi) is 4.60. The van der Waals surface area contributed by atoms with Gasteiger partial charge in [-0.25, -0.2) is 0 Å². The van der Waals surface area contributed by atoms with Crippen LogP contribution in [0, 0.1) is 6.92 Å². The smallest absolute Gasteiger partial charge is 0.294 e. The van der Waals surface area contributed by atoms with Gasteiger partial charge in [0.2, 0.25) is 4.87 Å². The average Bonchev–Trinajstić information content (AvgIpc) is 3.01. The molecule has 0 radical (unpaired) electrons. The molecule has 7 heteroatoms. The summed E-state index contributed by atoms with van der Waals surface area (Å²) < 4.78 is 41.2. The summed E-state index contributed by atoms with van der Waals surface area (Å²) in [6.07, 6.45) is -5.37. The quantitative estimate of drug-likeness (QED) is 0.811. The number of Topliss-reactive ketones (excluding diaryl/α,β-unsaturated/α-hetero) is 1. The molecule has 0 aromatic heterocycles. The number of hydrogen-bond donors (Lipinski definition) is 1. The Bertz CT molecular complexity index is 803. The van der Waals surface area contributed by atoms with Gasteiger partial charge in [0.15, 0.2) is 5.78 Å². The average molecular weight is 364 g/mol. The van der Waals surface area contributed by atoms with Crippen molar-refractivity contribution >= 4 is 22.6 Å². The van der Waals surface area contributed by atoms with Gasteiger partial charge < -0.3 is 0 Å². The second-order valence-corrected chi connectivity index (χ2v) is 7.08. The lowest BCUT2D eigenvalue weighted by Crippen LogP contribution is -2.51. The number of nitrogens with zero attached hydrogens (tertiary/aromatic N) is 1. The van der Waals surface area contributed by atoms with Crippen LogP contribution in [0.3, 0.4) is 0 Å². The third-order valence-electron chi connectivity index (χ3n) is 3.87. The van der Waals surface area contributed by atoms with Crippen molar-refractivity contribution in [3.63, 3.8) is 0 Å². The van der Waals surface area contributed by atoms with Gasteiger partial charge in [0.25, 0.3) is 0 Å². The van der Waals surface area contributed by atoms with E-state index in [9.17, 15) is 18.0 Å². The van der Waals surface area contributed by atoms with Gasteiger partial charge in [-0.3, -0.25) is 10.2 Å². The molecule has 2 aromatic carbocycles. The first-order valence-electron chi connectivity index (χ1n) is 7.57. The van der Waals surface area contributed by atoms with Crippen LogP contribution < -0.4 is 5.43 Å². The molecule has 0 saturated heterocycles. The van der Waals surface area contributed by atoms with Crippen LogP contribution in [0.25, 0.3) is 0 Å². The van der Waals surface area contributed by atoms with E-state index in [-0.39, 0.29) is 10.6 Å². The molecule has 0 fully saturated rings. The third kappa shape index (κ3) is 3.56. The molecule has 2 aromatic rings. The number of alkyl halides is 3. The van der Waals surface area contributed by atoms with Crippen LogP contribution in [0.2, 0.25) is 0 Å². The molecular weight excluding hydrogens is 349 g/mol. The van der Waals surface area contributed by atoms with Gasteiger partial charge >= 0.3 is 6.18 Å². The number of hydrogen-bond acceptors (Lipinski definition) is 4. The SMILES string of the molecule is Cc1ccc(C2=NN[C@](CC(=O)c3ccccc3)(C(F)(F)F)S2)cc1. The zero-order valence-corrected chi connectivity index (χ0v) is 14.1. The normalized spacial score (nSPS) is 20.1. The van der Waals surface area contributed by atoms with E-state index in [0.717, 1.165) is 5.56 Å². The summed E-state index contributed by atoms with van der Waals surface area (Å²) in [6.45, 7) is 1.89. The Hall–Kier alpha value is -2.28. The molecule has 0 spiro atoms. The highest BCUT2D eigenvalue weighted by Crippen LogP contribution is 2.47. The first kappa shape index (κ1) is 17.5. The monoisotopic (exact) mass is 364 g/mol. The molecule has 1 aliphatic rings. The Morgan fingerprint density at radius 3 is 2.36 bits per heavy atom. The Labute approximate surface area is 147 Å². The lowest BCUT2D eigenvalue weighted by molar-refractivity contribution is -0.165. The molecule has 0 saturated carbocycles. The second kappa shape index (κ2) is 6.55. The Morgan fingerprint density at radius 1 is 1.12 bits per heavy atom. The Balaban J connectivity index is 1.85. The number of hydrazone groups is 1. The summed E-state index contributed by atoms with van der Waals surface area (Å²) >= 11 is 0.540. The number of rotatable bonds is 4. The summed E-state index contributed by atoms with van der Waals surface area (Å²) in [4.78, 5) is 9.88. The first-order valence-corrected chi connectivity index (χ1v) is 8.38. The molecule has 130 valence electrons. The van der Waals surface area contributed by atoms with Crippen LogP contribution in [-0.4, -0.2) is 21.9 Å². The minimum Gasteiger partial charge on any atom is -0.294 e. The van der Waals surface area contributed by atoms with Crippen molar-refractivity contribution in [3.05, 3.63) is 71.3 Å². The molecule has 0 bridgehead atoms. The molecule has 0 aliphatic carbocycles. The van der Waals surface area contributed by atoms with E-state index in [4.69, 9.17) is 0 Å². The molecule has 1 N–H and O–H groups in total. The van der Waals surface area contributed by atoms with Crippen molar-refractivity contribution in [1.82, 2.24) is 5.43 Å². The summed E-state index contributed by atoms with van der Waals surface area (Å²) in [5, 5.41) is 4.08. The van der Waals surface area contributed by atoms with Crippen LogP contribution in [0.15, 0.2) is 59.7 Å². The number of halogens is 3. The molecular formula is C18H15F3N2OS. The highest BCUT2D eigenvalue weighted by molar-refractivity contribution is 8.15. The van der Waals surface area contributed by atoms with Crippen LogP contribution >= 0.6 is 11.8 Å². The number of thioether (sulfide) groups is 1. The predicted molar refractivity (Wildman–Crippen MR) is 92.6 cm³/mol. The van der Waals surface area contributed by atoms with Crippen molar-refractivity contribution in [2.45, 2.75) is 24.4 Å². The van der Waals surface area contributed by atoms with Crippen molar-refractivity contribution < 1.29 is 18.0 Å². The van der Waals surface area contributed by atoms with Gasteiger partial charge in [-0.05, 0) is 6.92 Å². The van der Waals surface area contributed by atoms with Crippen LogP contribution in [-0.2, 0) is 0 Å². The van der Waals surface area contributed by atoms with Gasteiger partial charge in [0.05, 0.1) is 6.42 Å². The molecule has 3 rings (SSSR count). The van der Waals surface area contributed by atoms with E-state index >= 15 is 0 Å². The molecule has 25 heavy (non-hydrogen) atoms. The van der Waals surface area contributed by atoms with Gasteiger partial charge in [0.1, 0.15) is 5.04 Å². The number of carbonyl (C=O) groups excluding carboxylic acids is 1. The van der Waals surface area contributed by atoms with Crippen LogP contribution in [0.1, 0.15) is 27.9 Å². The van der Waals surface area contributed by atoms with Gasteiger partial charge in [-0.1, -0.05) is 71.9 Å². The second-order valence-electron chi connectivity index (χ2n) is 5.79. The predicted octanol–water partition coefficient (Wildman–Crippen LogP) is 4.52. The molecule has 1 heterocycles. The first-order chi connectivity index (χ1) is 11.8. The molecule has 0 unspecified atom stereocenters. The largest absolute Gasteiger partial charge is 0.423 e. The van der Waals surface area contributed by atoms with E-state index in [1.165, 1.54) is 12.1 Å². The zero-order valence-electron chi connectivity index (χ0n) is 13.3. The maximum atomic E-state index is 13.7. The standard InChI is InChI=1S/C18H15F3N2OS/c1-12-7-9-14(10-8-12)16-22-23-17(25-16,18(19,20)21)11-15(24)13-5-3-2-4-6-13/h2-10,23H,11H2,1H3/t17-/m0/s1. The van der Waals surface area contributed by atoms with Crippen LogP contribution in [0.4, 0.5) is 13.2 Å². The summed E-state index contributed by atoms with van der Waals surface area (Å²) in [6, 6.07) is 15.0. The van der Waals surface area contributed by atoms with Crippen molar-refractivity contribution in [2.75, 3.05) is 0 Å².